The Kier molecular flexibility index (Phi) is 7.23. The molecule has 122 valence electrons. The standard InChI is InChI=1S/C18H30N4/c1-2-3-11-20-18(19)21-14-16-9-5-6-10-17(16)15-22-12-7-4-8-13-22/h5-6,9-10H,2-4,7-8,11-15H2,1H3,(H3,19,20,21). The third-order valence-electron chi connectivity index (χ3n) is 4.22. The van der Waals surface area contributed by atoms with Crippen molar-refractivity contribution in [2.45, 2.75) is 52.1 Å². The van der Waals surface area contributed by atoms with Crippen LogP contribution >= 0.6 is 0 Å². The molecule has 1 aromatic carbocycles. The second-order valence-electron chi connectivity index (χ2n) is 6.09. The summed E-state index contributed by atoms with van der Waals surface area (Å²) in [4.78, 5) is 7.04. The second kappa shape index (κ2) is 9.46. The molecule has 1 heterocycles. The van der Waals surface area contributed by atoms with Crippen LogP contribution in [0.25, 0.3) is 0 Å². The summed E-state index contributed by atoms with van der Waals surface area (Å²) < 4.78 is 0. The zero-order chi connectivity index (χ0) is 15.6. The molecule has 0 saturated carbocycles. The number of nitrogens with one attached hydrogen (secondary N) is 1. The molecule has 0 radical (unpaired) electrons. The van der Waals surface area contributed by atoms with Crippen LogP contribution in [0.2, 0.25) is 0 Å². The molecule has 2 rings (SSSR count). The number of nitrogens with two attached hydrogens (primary N) is 1. The molecule has 1 aliphatic heterocycles. The quantitative estimate of drug-likeness (QED) is 0.462. The Labute approximate surface area is 134 Å². The second-order valence-corrected chi connectivity index (χ2v) is 6.09. The van der Waals surface area contributed by atoms with Gasteiger partial charge in [0.05, 0.1) is 6.54 Å². The summed E-state index contributed by atoms with van der Waals surface area (Å²) in [7, 11) is 0. The van der Waals surface area contributed by atoms with Gasteiger partial charge in [0.25, 0.3) is 0 Å². The summed E-state index contributed by atoms with van der Waals surface area (Å²) in [6, 6.07) is 8.60. The maximum atomic E-state index is 5.93. The molecule has 0 aliphatic carbocycles. The van der Waals surface area contributed by atoms with E-state index in [9.17, 15) is 0 Å². The molecule has 1 aliphatic rings. The zero-order valence-electron chi connectivity index (χ0n) is 13.9. The van der Waals surface area contributed by atoms with Crippen molar-refractivity contribution >= 4 is 5.96 Å². The van der Waals surface area contributed by atoms with Crippen molar-refractivity contribution in [1.82, 2.24) is 10.2 Å². The van der Waals surface area contributed by atoms with E-state index in [0.717, 1.165) is 19.5 Å². The predicted octanol–water partition coefficient (Wildman–Crippen LogP) is 2.88. The number of benzene rings is 1. The van der Waals surface area contributed by atoms with Crippen molar-refractivity contribution in [2.75, 3.05) is 19.6 Å². The predicted molar refractivity (Wildman–Crippen MR) is 93.8 cm³/mol. The number of guanidine groups is 1. The van der Waals surface area contributed by atoms with E-state index in [1.54, 1.807) is 0 Å². The fraction of sp³-hybridized carbons (Fsp3) is 0.611. The van der Waals surface area contributed by atoms with E-state index >= 15 is 0 Å². The summed E-state index contributed by atoms with van der Waals surface area (Å²) in [5.74, 6) is 0.557. The van der Waals surface area contributed by atoms with E-state index in [0.29, 0.717) is 12.5 Å². The summed E-state index contributed by atoms with van der Waals surface area (Å²) in [5.41, 5.74) is 8.59. The monoisotopic (exact) mass is 302 g/mol. The minimum atomic E-state index is 0.557. The van der Waals surface area contributed by atoms with Gasteiger partial charge in [0, 0.05) is 13.1 Å². The van der Waals surface area contributed by atoms with Gasteiger partial charge in [-0.15, -0.1) is 0 Å². The Hall–Kier alpha value is -1.55. The largest absolute Gasteiger partial charge is 0.370 e. The molecule has 0 atom stereocenters. The Balaban J connectivity index is 1.91. The maximum Gasteiger partial charge on any atom is 0.188 e. The van der Waals surface area contributed by atoms with Crippen molar-refractivity contribution in [3.8, 4) is 0 Å². The minimum absolute atomic E-state index is 0.557. The number of piperidine rings is 1. The smallest absolute Gasteiger partial charge is 0.188 e. The van der Waals surface area contributed by atoms with E-state index < -0.39 is 0 Å². The topological polar surface area (TPSA) is 53.6 Å². The molecule has 4 nitrogen and oxygen atoms in total. The fourth-order valence-electron chi connectivity index (χ4n) is 2.84. The average molecular weight is 302 g/mol. The molecule has 0 spiro atoms. The van der Waals surface area contributed by atoms with Gasteiger partial charge in [-0.1, -0.05) is 44.0 Å². The highest BCUT2D eigenvalue weighted by Crippen LogP contribution is 2.16. The molecule has 3 N–H and O–H groups in total. The molecule has 0 aromatic heterocycles. The van der Waals surface area contributed by atoms with Gasteiger partial charge in [-0.2, -0.15) is 0 Å². The van der Waals surface area contributed by atoms with Gasteiger partial charge in [0.2, 0.25) is 0 Å². The molecule has 1 aromatic rings. The van der Waals surface area contributed by atoms with E-state index in [2.05, 4.69) is 46.4 Å². The molecule has 0 unspecified atom stereocenters. The Morgan fingerprint density at radius 2 is 1.91 bits per heavy atom. The Bertz CT molecular complexity index is 464. The van der Waals surface area contributed by atoms with Gasteiger partial charge >= 0.3 is 0 Å². The first-order valence-electron chi connectivity index (χ1n) is 8.62. The summed E-state index contributed by atoms with van der Waals surface area (Å²) in [5, 5.41) is 3.17. The number of unbranched alkanes of at least 4 members (excludes halogenated alkanes) is 1. The number of likely N-dealkylation sites (tertiary alicyclic amines) is 1. The van der Waals surface area contributed by atoms with Gasteiger partial charge in [-0.25, -0.2) is 4.99 Å². The SMILES string of the molecule is CCCCNC(N)=NCc1ccccc1CN1CCCCC1. The molecule has 1 fully saturated rings. The lowest BCUT2D eigenvalue weighted by molar-refractivity contribution is 0.220. The zero-order valence-corrected chi connectivity index (χ0v) is 13.9. The third-order valence-corrected chi connectivity index (χ3v) is 4.22. The molecular formula is C18H30N4. The van der Waals surface area contributed by atoms with Gasteiger partial charge in [-0.3, -0.25) is 4.90 Å². The number of hydrogen-bond acceptors (Lipinski definition) is 2. The highest BCUT2D eigenvalue weighted by molar-refractivity contribution is 5.77. The Morgan fingerprint density at radius 1 is 1.18 bits per heavy atom. The van der Waals surface area contributed by atoms with E-state index in [1.165, 1.54) is 49.9 Å². The van der Waals surface area contributed by atoms with Crippen molar-refractivity contribution in [1.29, 1.82) is 0 Å². The first-order valence-corrected chi connectivity index (χ1v) is 8.62. The molecular weight excluding hydrogens is 272 g/mol. The third kappa shape index (κ3) is 5.68. The van der Waals surface area contributed by atoms with Crippen LogP contribution in [0.4, 0.5) is 0 Å². The Morgan fingerprint density at radius 3 is 2.64 bits per heavy atom. The highest BCUT2D eigenvalue weighted by atomic mass is 15.1. The van der Waals surface area contributed by atoms with Crippen LogP contribution in [0, 0.1) is 0 Å². The fourth-order valence-corrected chi connectivity index (χ4v) is 2.84. The lowest BCUT2D eigenvalue weighted by atomic mass is 10.1. The van der Waals surface area contributed by atoms with Gasteiger partial charge in [-0.05, 0) is 43.5 Å². The van der Waals surface area contributed by atoms with Crippen LogP contribution in [0.5, 0.6) is 0 Å². The van der Waals surface area contributed by atoms with Crippen LogP contribution in [0.3, 0.4) is 0 Å². The first kappa shape index (κ1) is 16.8. The number of aliphatic imine (C=N–C) groups is 1. The average Bonchev–Trinajstić information content (AvgIpc) is 2.55. The highest BCUT2D eigenvalue weighted by Gasteiger charge is 2.12. The van der Waals surface area contributed by atoms with E-state index in [1.807, 2.05) is 0 Å². The summed E-state index contributed by atoms with van der Waals surface area (Å²) in [6.45, 7) is 7.22. The number of nitrogens with zero attached hydrogens (tertiary/aromatic N) is 2. The van der Waals surface area contributed by atoms with Crippen molar-refractivity contribution in [3.63, 3.8) is 0 Å². The molecule has 4 heteroatoms. The van der Waals surface area contributed by atoms with Crippen LogP contribution in [-0.4, -0.2) is 30.5 Å². The first-order chi connectivity index (χ1) is 10.8. The van der Waals surface area contributed by atoms with Gasteiger partial charge < -0.3 is 11.1 Å². The van der Waals surface area contributed by atoms with Crippen molar-refractivity contribution in [3.05, 3.63) is 35.4 Å². The van der Waals surface area contributed by atoms with Crippen molar-refractivity contribution in [2.24, 2.45) is 10.7 Å². The molecule has 1 saturated heterocycles. The maximum absolute atomic E-state index is 5.93. The van der Waals surface area contributed by atoms with Crippen LogP contribution in [0.1, 0.15) is 50.2 Å². The number of hydrogen-bond donors (Lipinski definition) is 2. The van der Waals surface area contributed by atoms with E-state index in [4.69, 9.17) is 5.73 Å². The van der Waals surface area contributed by atoms with E-state index in [-0.39, 0.29) is 0 Å². The minimum Gasteiger partial charge on any atom is -0.370 e. The molecule has 0 bridgehead atoms. The van der Waals surface area contributed by atoms with Crippen LogP contribution < -0.4 is 11.1 Å². The summed E-state index contributed by atoms with van der Waals surface area (Å²) >= 11 is 0. The van der Waals surface area contributed by atoms with Crippen molar-refractivity contribution < 1.29 is 0 Å². The van der Waals surface area contributed by atoms with Gasteiger partial charge in [0.1, 0.15) is 0 Å². The number of rotatable bonds is 7. The molecule has 22 heavy (non-hydrogen) atoms. The van der Waals surface area contributed by atoms with Crippen LogP contribution in [0.15, 0.2) is 29.3 Å². The van der Waals surface area contributed by atoms with Crippen LogP contribution in [-0.2, 0) is 13.1 Å². The molecule has 0 amide bonds. The van der Waals surface area contributed by atoms with Gasteiger partial charge in [0.15, 0.2) is 5.96 Å². The summed E-state index contributed by atoms with van der Waals surface area (Å²) in [6.07, 6.45) is 6.33. The normalized spacial score (nSPS) is 16.7. The lowest BCUT2D eigenvalue weighted by Gasteiger charge is -2.27. The lowest BCUT2D eigenvalue weighted by Crippen LogP contribution is -2.32.